The van der Waals surface area contributed by atoms with Gasteiger partial charge in [0.15, 0.2) is 0 Å². The first kappa shape index (κ1) is 17.3. The molecule has 6 heteroatoms. The number of anilines is 1. The van der Waals surface area contributed by atoms with Crippen LogP contribution in [0.2, 0.25) is 5.02 Å². The highest BCUT2D eigenvalue weighted by Crippen LogP contribution is 2.24. The minimum Gasteiger partial charge on any atom is -0.496 e. The lowest BCUT2D eigenvalue weighted by Gasteiger charge is -2.10. The summed E-state index contributed by atoms with van der Waals surface area (Å²) in [5, 5.41) is 6.22. The molecular formula is C19H19ClN2O3. The molecule has 0 saturated heterocycles. The van der Waals surface area contributed by atoms with Gasteiger partial charge in [0.25, 0.3) is 5.91 Å². The predicted octanol–water partition coefficient (Wildman–Crippen LogP) is 3.42. The average Bonchev–Trinajstić information content (AvgIpc) is 3.40. The molecule has 1 saturated carbocycles. The van der Waals surface area contributed by atoms with Gasteiger partial charge in [-0.1, -0.05) is 23.7 Å². The molecule has 0 spiro atoms. The van der Waals surface area contributed by atoms with Crippen LogP contribution in [0, 0.1) is 0 Å². The highest BCUT2D eigenvalue weighted by Gasteiger charge is 2.23. The normalized spacial score (nSPS) is 13.2. The number of hydrogen-bond donors (Lipinski definition) is 2. The number of hydrogen-bond acceptors (Lipinski definition) is 3. The van der Waals surface area contributed by atoms with E-state index in [1.165, 1.54) is 7.11 Å². The van der Waals surface area contributed by atoms with Crippen molar-refractivity contribution in [1.82, 2.24) is 5.32 Å². The second kappa shape index (κ2) is 7.57. The van der Waals surface area contributed by atoms with Crippen LogP contribution in [0.3, 0.4) is 0 Å². The van der Waals surface area contributed by atoms with Crippen LogP contribution in [0.15, 0.2) is 42.5 Å². The number of methoxy groups -OCH3 is 1. The summed E-state index contributed by atoms with van der Waals surface area (Å²) >= 11 is 5.96. The molecule has 0 bridgehead atoms. The van der Waals surface area contributed by atoms with E-state index in [9.17, 15) is 9.59 Å². The van der Waals surface area contributed by atoms with Gasteiger partial charge in [0.2, 0.25) is 5.91 Å². The topological polar surface area (TPSA) is 67.4 Å². The van der Waals surface area contributed by atoms with Crippen molar-refractivity contribution in [3.05, 3.63) is 58.6 Å². The molecule has 2 aromatic rings. The van der Waals surface area contributed by atoms with Crippen LogP contribution >= 0.6 is 11.6 Å². The molecule has 0 atom stereocenters. The number of carbonyl (C=O) groups is 2. The minimum atomic E-state index is -0.307. The third-order valence-electron chi connectivity index (χ3n) is 3.93. The Bertz CT molecular complexity index is 786. The lowest BCUT2D eigenvalue weighted by Crippen LogP contribution is -2.26. The van der Waals surface area contributed by atoms with Gasteiger partial charge < -0.3 is 15.4 Å². The Morgan fingerprint density at radius 2 is 1.88 bits per heavy atom. The van der Waals surface area contributed by atoms with Gasteiger partial charge in [-0.05, 0) is 48.7 Å². The van der Waals surface area contributed by atoms with Crippen molar-refractivity contribution in [3.63, 3.8) is 0 Å². The number of ether oxygens (including phenoxy) is 1. The second-order valence-corrected chi connectivity index (χ2v) is 6.45. The first-order valence-electron chi connectivity index (χ1n) is 8.08. The molecule has 1 aliphatic carbocycles. The smallest absolute Gasteiger partial charge is 0.259 e. The van der Waals surface area contributed by atoms with E-state index < -0.39 is 0 Å². The summed E-state index contributed by atoms with van der Waals surface area (Å²) in [5.74, 6) is 0.178. The van der Waals surface area contributed by atoms with Crippen molar-refractivity contribution in [2.24, 2.45) is 0 Å². The molecule has 0 aliphatic heterocycles. The maximum Gasteiger partial charge on any atom is 0.259 e. The monoisotopic (exact) mass is 358 g/mol. The van der Waals surface area contributed by atoms with Crippen LogP contribution in [0.25, 0.3) is 0 Å². The number of halogens is 1. The standard InChI is InChI=1S/C19H19ClN2O3/c1-25-17-9-4-13(20)11-16(17)19(24)22-15-5-2-12(3-6-15)10-18(23)21-14-7-8-14/h2-6,9,11,14H,7-8,10H2,1H3,(H,21,23)(H,22,24). The zero-order chi connectivity index (χ0) is 17.8. The number of benzene rings is 2. The summed E-state index contributed by atoms with van der Waals surface area (Å²) in [4.78, 5) is 24.2. The molecule has 1 aliphatic rings. The Labute approximate surface area is 151 Å². The third-order valence-corrected chi connectivity index (χ3v) is 4.16. The summed E-state index contributed by atoms with van der Waals surface area (Å²) in [7, 11) is 1.50. The molecular weight excluding hydrogens is 340 g/mol. The maximum absolute atomic E-state index is 12.4. The van der Waals surface area contributed by atoms with Gasteiger partial charge >= 0.3 is 0 Å². The number of carbonyl (C=O) groups excluding carboxylic acids is 2. The maximum atomic E-state index is 12.4. The van der Waals surface area contributed by atoms with Gasteiger partial charge in [-0.15, -0.1) is 0 Å². The second-order valence-electron chi connectivity index (χ2n) is 6.01. The number of amides is 2. The van der Waals surface area contributed by atoms with Crippen LogP contribution in [0.1, 0.15) is 28.8 Å². The van der Waals surface area contributed by atoms with E-state index in [2.05, 4.69) is 10.6 Å². The van der Waals surface area contributed by atoms with Gasteiger partial charge in [-0.2, -0.15) is 0 Å². The van der Waals surface area contributed by atoms with Crippen molar-refractivity contribution in [3.8, 4) is 5.75 Å². The van der Waals surface area contributed by atoms with E-state index in [1.54, 1.807) is 30.3 Å². The first-order chi connectivity index (χ1) is 12.0. The van der Waals surface area contributed by atoms with E-state index >= 15 is 0 Å². The van der Waals surface area contributed by atoms with Crippen LogP contribution in [-0.2, 0) is 11.2 Å². The van der Waals surface area contributed by atoms with Crippen molar-refractivity contribution >= 4 is 29.1 Å². The zero-order valence-corrected chi connectivity index (χ0v) is 14.6. The molecule has 25 heavy (non-hydrogen) atoms. The summed E-state index contributed by atoms with van der Waals surface area (Å²) in [6.07, 6.45) is 2.49. The van der Waals surface area contributed by atoms with E-state index in [4.69, 9.17) is 16.3 Å². The molecule has 2 N–H and O–H groups in total. The summed E-state index contributed by atoms with van der Waals surface area (Å²) in [6.45, 7) is 0. The van der Waals surface area contributed by atoms with Gasteiger partial charge in [0, 0.05) is 16.8 Å². The largest absolute Gasteiger partial charge is 0.496 e. The molecule has 2 aromatic carbocycles. The Kier molecular flexibility index (Phi) is 5.24. The number of nitrogens with one attached hydrogen (secondary N) is 2. The summed E-state index contributed by atoms with van der Waals surface area (Å²) in [6, 6.07) is 12.4. The van der Waals surface area contributed by atoms with Crippen molar-refractivity contribution in [2.45, 2.75) is 25.3 Å². The van der Waals surface area contributed by atoms with Crippen molar-refractivity contribution in [2.75, 3.05) is 12.4 Å². The Morgan fingerprint density at radius 1 is 1.16 bits per heavy atom. The highest BCUT2D eigenvalue weighted by molar-refractivity contribution is 6.31. The summed E-state index contributed by atoms with van der Waals surface area (Å²) < 4.78 is 5.19. The zero-order valence-electron chi connectivity index (χ0n) is 13.8. The fourth-order valence-corrected chi connectivity index (χ4v) is 2.63. The molecule has 3 rings (SSSR count). The predicted molar refractivity (Wildman–Crippen MR) is 97.3 cm³/mol. The van der Waals surface area contributed by atoms with Crippen molar-refractivity contribution < 1.29 is 14.3 Å². The minimum absolute atomic E-state index is 0.0305. The van der Waals surface area contributed by atoms with E-state index in [-0.39, 0.29) is 11.8 Å². The molecule has 0 unspecified atom stereocenters. The molecule has 130 valence electrons. The molecule has 5 nitrogen and oxygen atoms in total. The number of rotatable bonds is 6. The third kappa shape index (κ3) is 4.73. The van der Waals surface area contributed by atoms with Crippen LogP contribution in [0.4, 0.5) is 5.69 Å². The lowest BCUT2D eigenvalue weighted by molar-refractivity contribution is -0.120. The molecule has 0 radical (unpaired) electrons. The van der Waals surface area contributed by atoms with E-state index in [1.807, 2.05) is 12.1 Å². The average molecular weight is 359 g/mol. The Morgan fingerprint density at radius 3 is 2.52 bits per heavy atom. The summed E-state index contributed by atoms with van der Waals surface area (Å²) in [5.41, 5.74) is 1.90. The van der Waals surface area contributed by atoms with Gasteiger partial charge in [0.1, 0.15) is 5.75 Å². The lowest BCUT2D eigenvalue weighted by atomic mass is 10.1. The molecule has 2 amide bonds. The van der Waals surface area contributed by atoms with E-state index in [0.29, 0.717) is 34.5 Å². The van der Waals surface area contributed by atoms with Gasteiger partial charge in [0.05, 0.1) is 19.1 Å². The quantitative estimate of drug-likeness (QED) is 0.831. The van der Waals surface area contributed by atoms with Crippen LogP contribution in [0.5, 0.6) is 5.75 Å². The molecule has 0 heterocycles. The fraction of sp³-hybridized carbons (Fsp3) is 0.263. The molecule has 1 fully saturated rings. The van der Waals surface area contributed by atoms with Gasteiger partial charge in [-0.25, -0.2) is 0 Å². The van der Waals surface area contributed by atoms with Crippen molar-refractivity contribution in [1.29, 1.82) is 0 Å². The Hall–Kier alpha value is -2.53. The SMILES string of the molecule is COc1ccc(Cl)cc1C(=O)Nc1ccc(CC(=O)NC2CC2)cc1. The fourth-order valence-electron chi connectivity index (χ4n) is 2.45. The van der Waals surface area contributed by atoms with Gasteiger partial charge in [-0.3, -0.25) is 9.59 Å². The Balaban J connectivity index is 1.63. The highest BCUT2D eigenvalue weighted by atomic mass is 35.5. The first-order valence-corrected chi connectivity index (χ1v) is 8.46. The van der Waals surface area contributed by atoms with E-state index in [0.717, 1.165) is 18.4 Å². The van der Waals surface area contributed by atoms with Crippen LogP contribution in [-0.4, -0.2) is 25.0 Å². The molecule has 0 aromatic heterocycles. The van der Waals surface area contributed by atoms with Crippen LogP contribution < -0.4 is 15.4 Å².